The maximum Gasteiger partial charge on any atom is 0.225 e. The fourth-order valence-corrected chi connectivity index (χ4v) is 1.38. The van der Waals surface area contributed by atoms with Crippen molar-refractivity contribution >= 4 is 5.82 Å². The average molecular weight is 231 g/mol. The summed E-state index contributed by atoms with van der Waals surface area (Å²) in [5.74, 6) is -0.438. The van der Waals surface area contributed by atoms with Gasteiger partial charge in [-0.05, 0) is 12.1 Å². The number of aromatic nitrogens is 1. The van der Waals surface area contributed by atoms with Crippen LogP contribution in [0.5, 0.6) is 0 Å². The second-order valence-electron chi connectivity index (χ2n) is 3.58. The van der Waals surface area contributed by atoms with Gasteiger partial charge in [0.25, 0.3) is 0 Å². The molecule has 7 heteroatoms. The molecule has 1 unspecified atom stereocenters. The largest absolute Gasteiger partial charge is 0.399 e. The third-order valence-corrected chi connectivity index (χ3v) is 2.02. The number of hydrogen-bond acceptors (Lipinski definition) is 7. The number of nitrogens with two attached hydrogens (primary N) is 3. The van der Waals surface area contributed by atoms with E-state index in [1.807, 2.05) is 0 Å². The second kappa shape index (κ2) is 4.22. The maximum absolute atomic E-state index is 5.91. The lowest BCUT2D eigenvalue weighted by Gasteiger charge is -2.26. The van der Waals surface area contributed by atoms with Crippen LogP contribution >= 0.6 is 0 Å². The van der Waals surface area contributed by atoms with Gasteiger partial charge in [0.1, 0.15) is 5.82 Å². The van der Waals surface area contributed by atoms with E-state index >= 15 is 0 Å². The lowest BCUT2D eigenvalue weighted by atomic mass is 10.2. The van der Waals surface area contributed by atoms with E-state index in [1.54, 1.807) is 30.5 Å². The van der Waals surface area contributed by atoms with E-state index in [1.165, 1.54) is 6.08 Å². The van der Waals surface area contributed by atoms with E-state index < -0.39 is 5.79 Å². The van der Waals surface area contributed by atoms with Gasteiger partial charge in [-0.3, -0.25) is 5.73 Å². The predicted octanol–water partition coefficient (Wildman–Crippen LogP) is 0.0237. The number of dihydropyridines is 1. The summed E-state index contributed by atoms with van der Waals surface area (Å²) in [5.41, 5.74) is 17.6. The smallest absolute Gasteiger partial charge is 0.225 e. The van der Waals surface area contributed by atoms with Crippen LogP contribution in [0, 0.1) is 0 Å². The fraction of sp³-hybridized carbons (Fsp3) is 0.100. The molecule has 2 heterocycles. The molecule has 0 amide bonds. The number of rotatable bonds is 2. The van der Waals surface area contributed by atoms with Crippen LogP contribution in [0.2, 0.25) is 0 Å². The monoisotopic (exact) mass is 231 g/mol. The first-order valence-electron chi connectivity index (χ1n) is 4.94. The molecule has 1 aromatic heterocycles. The van der Waals surface area contributed by atoms with Crippen molar-refractivity contribution in [2.24, 2.45) is 27.4 Å². The number of hydrogen-bond donors (Lipinski definition) is 4. The number of nitrogens with zero attached hydrogens (tertiary/aromatic N) is 3. The van der Waals surface area contributed by atoms with Crippen LogP contribution in [-0.2, 0) is 0 Å². The van der Waals surface area contributed by atoms with Gasteiger partial charge in [-0.25, -0.2) is 4.98 Å². The third-order valence-electron chi connectivity index (χ3n) is 2.02. The highest BCUT2D eigenvalue weighted by molar-refractivity contribution is 5.29. The van der Waals surface area contributed by atoms with Crippen molar-refractivity contribution in [2.75, 3.05) is 0 Å². The Hall–Kier alpha value is -2.41. The Balaban J connectivity index is 2.19. The Morgan fingerprint density at radius 3 is 2.76 bits per heavy atom. The highest BCUT2D eigenvalue weighted by atomic mass is 15.4. The molecular weight excluding hydrogens is 218 g/mol. The van der Waals surface area contributed by atoms with Crippen molar-refractivity contribution in [2.45, 2.75) is 5.79 Å². The van der Waals surface area contributed by atoms with Crippen LogP contribution in [0.15, 0.2) is 58.3 Å². The Morgan fingerprint density at radius 1 is 1.29 bits per heavy atom. The first-order chi connectivity index (χ1) is 8.07. The maximum atomic E-state index is 5.91. The van der Waals surface area contributed by atoms with Crippen LogP contribution in [0.25, 0.3) is 0 Å². The molecule has 0 radical (unpaired) electrons. The van der Waals surface area contributed by atoms with Crippen LogP contribution in [0.4, 0.5) is 5.82 Å². The minimum atomic E-state index is -1.24. The zero-order chi connectivity index (χ0) is 12.3. The van der Waals surface area contributed by atoms with Gasteiger partial charge in [-0.2, -0.15) is 0 Å². The molecule has 7 N–H and O–H groups in total. The average Bonchev–Trinajstić information content (AvgIpc) is 2.26. The molecule has 0 spiro atoms. The molecule has 1 aliphatic rings. The Kier molecular flexibility index (Phi) is 2.75. The van der Waals surface area contributed by atoms with Crippen molar-refractivity contribution < 1.29 is 0 Å². The van der Waals surface area contributed by atoms with Crippen LogP contribution in [0.3, 0.4) is 0 Å². The quantitative estimate of drug-likeness (QED) is 0.533. The first-order valence-corrected chi connectivity index (χ1v) is 4.94. The van der Waals surface area contributed by atoms with Crippen LogP contribution in [0.1, 0.15) is 0 Å². The molecule has 17 heavy (non-hydrogen) atoms. The summed E-state index contributed by atoms with van der Waals surface area (Å²) in [5, 5.41) is 10.6. The van der Waals surface area contributed by atoms with Gasteiger partial charge < -0.3 is 16.8 Å². The fourth-order valence-electron chi connectivity index (χ4n) is 1.38. The van der Waals surface area contributed by atoms with E-state index in [9.17, 15) is 0 Å². The molecule has 1 aromatic rings. The SMILES string of the molecule is NC1=CC(N)(N=Nc2ccccn2)NC(N)=C1. The molecule has 0 aromatic carbocycles. The van der Waals surface area contributed by atoms with E-state index in [0.717, 1.165) is 0 Å². The van der Waals surface area contributed by atoms with Crippen molar-refractivity contribution in [1.29, 1.82) is 0 Å². The van der Waals surface area contributed by atoms with Gasteiger partial charge in [0, 0.05) is 24.0 Å². The summed E-state index contributed by atoms with van der Waals surface area (Å²) in [6.45, 7) is 0. The summed E-state index contributed by atoms with van der Waals surface area (Å²) in [6.07, 6.45) is 4.70. The topological polar surface area (TPSA) is 128 Å². The van der Waals surface area contributed by atoms with Crippen LogP contribution in [-0.4, -0.2) is 10.8 Å². The van der Waals surface area contributed by atoms with Crippen molar-refractivity contribution in [3.63, 3.8) is 0 Å². The minimum absolute atomic E-state index is 0.340. The normalized spacial score (nSPS) is 24.1. The number of allylic oxidation sites excluding steroid dienone is 1. The highest BCUT2D eigenvalue weighted by Crippen LogP contribution is 2.14. The van der Waals surface area contributed by atoms with E-state index in [0.29, 0.717) is 17.3 Å². The van der Waals surface area contributed by atoms with Gasteiger partial charge >= 0.3 is 0 Å². The molecule has 2 rings (SSSR count). The van der Waals surface area contributed by atoms with E-state index in [2.05, 4.69) is 20.5 Å². The Labute approximate surface area is 98.1 Å². The lowest BCUT2D eigenvalue weighted by Crippen LogP contribution is -2.53. The molecule has 0 saturated heterocycles. The van der Waals surface area contributed by atoms with Gasteiger partial charge in [-0.15, -0.1) is 10.2 Å². The zero-order valence-corrected chi connectivity index (χ0v) is 9.04. The molecule has 7 nitrogen and oxygen atoms in total. The molecule has 0 fully saturated rings. The van der Waals surface area contributed by atoms with Gasteiger partial charge in [0.15, 0.2) is 5.82 Å². The highest BCUT2D eigenvalue weighted by Gasteiger charge is 2.25. The number of azo groups is 1. The second-order valence-corrected chi connectivity index (χ2v) is 3.58. The molecule has 1 atom stereocenters. The van der Waals surface area contributed by atoms with Gasteiger partial charge in [0.05, 0.1) is 0 Å². The molecule has 0 bridgehead atoms. The summed E-state index contributed by atoms with van der Waals surface area (Å²) >= 11 is 0. The standard InChI is InChI=1S/C10H13N7/c11-7-5-8(12)15-10(13,6-7)17-16-9-3-1-2-4-14-9/h1-6,15H,11-13H2. The molecule has 1 aliphatic heterocycles. The molecule has 0 aliphatic carbocycles. The lowest BCUT2D eigenvalue weighted by molar-refractivity contribution is 0.446. The van der Waals surface area contributed by atoms with Gasteiger partial charge in [0.2, 0.25) is 5.79 Å². The summed E-state index contributed by atoms with van der Waals surface area (Å²) in [7, 11) is 0. The number of pyridine rings is 1. The summed E-state index contributed by atoms with van der Waals surface area (Å²) in [4.78, 5) is 3.99. The van der Waals surface area contributed by atoms with E-state index in [-0.39, 0.29) is 0 Å². The van der Waals surface area contributed by atoms with Crippen LogP contribution < -0.4 is 22.5 Å². The van der Waals surface area contributed by atoms with Crippen molar-refractivity contribution in [3.05, 3.63) is 48.1 Å². The summed E-state index contributed by atoms with van der Waals surface area (Å²) < 4.78 is 0. The zero-order valence-electron chi connectivity index (χ0n) is 9.04. The Morgan fingerprint density at radius 2 is 2.12 bits per heavy atom. The van der Waals surface area contributed by atoms with E-state index in [4.69, 9.17) is 17.2 Å². The summed E-state index contributed by atoms with van der Waals surface area (Å²) in [6, 6.07) is 5.30. The van der Waals surface area contributed by atoms with Crippen molar-refractivity contribution in [3.8, 4) is 0 Å². The molecular formula is C10H13N7. The first kappa shape index (κ1) is 11.1. The number of nitrogens with one attached hydrogen (secondary N) is 1. The molecule has 0 saturated carbocycles. The van der Waals surface area contributed by atoms with Crippen molar-refractivity contribution in [1.82, 2.24) is 10.3 Å². The van der Waals surface area contributed by atoms with Gasteiger partial charge in [-0.1, -0.05) is 6.07 Å². The predicted molar refractivity (Wildman–Crippen MR) is 63.3 cm³/mol. The minimum Gasteiger partial charge on any atom is -0.399 e. The molecule has 88 valence electrons. The Bertz CT molecular complexity index is 491. The third kappa shape index (κ3) is 2.79.